The minimum absolute atomic E-state index is 0.0680. The molecule has 2 amide bonds. The first-order chi connectivity index (χ1) is 19.5. The summed E-state index contributed by atoms with van der Waals surface area (Å²) in [6.45, 7) is 0.265. The molecule has 0 saturated heterocycles. The van der Waals surface area contributed by atoms with Crippen LogP contribution < -0.4 is 5.32 Å². The third-order valence-electron chi connectivity index (χ3n) is 7.80. The number of nitrogens with zero attached hydrogens (tertiary/aromatic N) is 1. The van der Waals surface area contributed by atoms with Crippen molar-refractivity contribution in [3.63, 3.8) is 0 Å². The zero-order chi connectivity index (χ0) is 27.9. The Hall–Kier alpha value is -3.34. The molecule has 0 unspecified atom stereocenters. The molecule has 0 aliphatic heterocycles. The predicted molar refractivity (Wildman–Crippen MR) is 164 cm³/mol. The second kappa shape index (κ2) is 13.3. The minimum Gasteiger partial charge on any atom is -0.352 e. The number of nitrogens with one attached hydrogen (secondary N) is 1. The van der Waals surface area contributed by atoms with Crippen molar-refractivity contribution in [2.75, 3.05) is 0 Å². The van der Waals surface area contributed by atoms with Gasteiger partial charge in [0.15, 0.2) is 0 Å². The molecular formula is C34H34Cl2N2O2. The van der Waals surface area contributed by atoms with Gasteiger partial charge in [-0.2, -0.15) is 0 Å². The highest BCUT2D eigenvalue weighted by Gasteiger charge is 2.32. The van der Waals surface area contributed by atoms with Gasteiger partial charge in [0, 0.05) is 25.4 Å². The first-order valence-electron chi connectivity index (χ1n) is 14.0. The number of carbonyl (C=O) groups is 2. The lowest BCUT2D eigenvalue weighted by molar-refractivity contribution is -0.141. The Morgan fingerprint density at radius 3 is 2.33 bits per heavy atom. The molecule has 0 spiro atoms. The van der Waals surface area contributed by atoms with Crippen molar-refractivity contribution in [2.24, 2.45) is 0 Å². The molecule has 0 radical (unpaired) electrons. The summed E-state index contributed by atoms with van der Waals surface area (Å²) in [5, 5.41) is 6.44. The number of aryl methyl sites for hydroxylation is 1. The molecule has 4 aromatic rings. The molecule has 206 valence electrons. The summed E-state index contributed by atoms with van der Waals surface area (Å²) in [4.78, 5) is 29.7. The molecule has 1 fully saturated rings. The van der Waals surface area contributed by atoms with E-state index < -0.39 is 6.04 Å². The van der Waals surface area contributed by atoms with Gasteiger partial charge in [0.2, 0.25) is 11.8 Å². The van der Waals surface area contributed by atoms with Crippen molar-refractivity contribution < 1.29 is 9.59 Å². The zero-order valence-corrected chi connectivity index (χ0v) is 24.0. The van der Waals surface area contributed by atoms with Gasteiger partial charge in [-0.1, -0.05) is 115 Å². The Balaban J connectivity index is 1.45. The molecule has 1 N–H and O–H groups in total. The first-order valence-corrected chi connectivity index (χ1v) is 14.8. The quantitative estimate of drug-likeness (QED) is 0.211. The second-order valence-electron chi connectivity index (χ2n) is 10.6. The summed E-state index contributed by atoms with van der Waals surface area (Å²) in [7, 11) is 0. The van der Waals surface area contributed by atoms with Crippen molar-refractivity contribution in [2.45, 2.75) is 63.6 Å². The lowest BCUT2D eigenvalue weighted by Gasteiger charge is -2.32. The SMILES string of the molecule is O=C(NC1CCCC1)[C@H](Cc1ccccc1)N(Cc1ccc(Cl)c(Cl)c1)C(=O)CCc1cccc2ccccc12. The fourth-order valence-electron chi connectivity index (χ4n) is 5.65. The van der Waals surface area contributed by atoms with E-state index in [9.17, 15) is 9.59 Å². The van der Waals surface area contributed by atoms with E-state index in [4.69, 9.17) is 23.2 Å². The van der Waals surface area contributed by atoms with Crippen LogP contribution in [0.1, 0.15) is 48.8 Å². The lowest BCUT2D eigenvalue weighted by Crippen LogP contribution is -2.52. The molecule has 0 heterocycles. The summed E-state index contributed by atoms with van der Waals surface area (Å²) in [5.74, 6) is -0.171. The van der Waals surface area contributed by atoms with Crippen LogP contribution >= 0.6 is 23.2 Å². The van der Waals surface area contributed by atoms with Crippen LogP contribution in [0.4, 0.5) is 0 Å². The van der Waals surface area contributed by atoms with Crippen LogP contribution in [0.3, 0.4) is 0 Å². The third kappa shape index (κ3) is 7.04. The van der Waals surface area contributed by atoms with E-state index in [2.05, 4.69) is 29.6 Å². The molecule has 1 aliphatic rings. The smallest absolute Gasteiger partial charge is 0.243 e. The molecular weight excluding hydrogens is 539 g/mol. The number of benzene rings is 4. The highest BCUT2D eigenvalue weighted by molar-refractivity contribution is 6.42. The molecule has 40 heavy (non-hydrogen) atoms. The largest absolute Gasteiger partial charge is 0.352 e. The second-order valence-corrected chi connectivity index (χ2v) is 11.4. The Morgan fingerprint density at radius 1 is 0.825 bits per heavy atom. The van der Waals surface area contributed by atoms with Crippen LogP contribution in [-0.4, -0.2) is 28.8 Å². The molecule has 4 nitrogen and oxygen atoms in total. The number of hydrogen-bond donors (Lipinski definition) is 1. The van der Waals surface area contributed by atoms with Crippen LogP contribution in [0.5, 0.6) is 0 Å². The summed E-state index contributed by atoms with van der Waals surface area (Å²) >= 11 is 12.5. The van der Waals surface area contributed by atoms with E-state index in [1.54, 1.807) is 17.0 Å². The maximum absolute atomic E-state index is 14.1. The zero-order valence-electron chi connectivity index (χ0n) is 22.5. The third-order valence-corrected chi connectivity index (χ3v) is 8.54. The molecule has 5 rings (SSSR count). The monoisotopic (exact) mass is 572 g/mol. The van der Waals surface area contributed by atoms with Gasteiger partial charge in [-0.3, -0.25) is 9.59 Å². The average Bonchev–Trinajstić information content (AvgIpc) is 3.49. The van der Waals surface area contributed by atoms with Crippen LogP contribution in [0, 0.1) is 0 Å². The van der Waals surface area contributed by atoms with Gasteiger partial charge in [-0.25, -0.2) is 0 Å². The fourth-order valence-corrected chi connectivity index (χ4v) is 5.97. The highest BCUT2D eigenvalue weighted by Crippen LogP contribution is 2.26. The molecule has 1 atom stereocenters. The van der Waals surface area contributed by atoms with Crippen molar-refractivity contribution in [1.82, 2.24) is 10.2 Å². The van der Waals surface area contributed by atoms with E-state index in [0.29, 0.717) is 22.9 Å². The topological polar surface area (TPSA) is 49.4 Å². The predicted octanol–water partition coefficient (Wildman–Crippen LogP) is 7.78. The Kier molecular flexibility index (Phi) is 9.41. The van der Waals surface area contributed by atoms with Crippen molar-refractivity contribution in [3.05, 3.63) is 118 Å². The highest BCUT2D eigenvalue weighted by atomic mass is 35.5. The van der Waals surface area contributed by atoms with E-state index in [-0.39, 0.29) is 30.8 Å². The molecule has 1 saturated carbocycles. The Bertz CT molecular complexity index is 1460. The summed E-state index contributed by atoms with van der Waals surface area (Å²) in [6.07, 6.45) is 5.49. The normalized spacial score (nSPS) is 14.2. The summed E-state index contributed by atoms with van der Waals surface area (Å²) in [6, 6.07) is 29.2. The number of fused-ring (bicyclic) bond motifs is 1. The Labute approximate surface area is 246 Å². The van der Waals surface area contributed by atoms with Gasteiger partial charge < -0.3 is 10.2 Å². The van der Waals surface area contributed by atoms with Crippen LogP contribution in [0.25, 0.3) is 10.8 Å². The Morgan fingerprint density at radius 2 is 1.55 bits per heavy atom. The van der Waals surface area contributed by atoms with E-state index in [1.165, 1.54) is 0 Å². The van der Waals surface area contributed by atoms with Gasteiger partial charge >= 0.3 is 0 Å². The van der Waals surface area contributed by atoms with Crippen LogP contribution in [0.2, 0.25) is 10.0 Å². The van der Waals surface area contributed by atoms with Crippen molar-refractivity contribution >= 4 is 45.8 Å². The number of amides is 2. The van der Waals surface area contributed by atoms with E-state index >= 15 is 0 Å². The number of hydrogen-bond acceptors (Lipinski definition) is 2. The first kappa shape index (κ1) is 28.2. The van der Waals surface area contributed by atoms with Crippen molar-refractivity contribution in [3.8, 4) is 0 Å². The maximum Gasteiger partial charge on any atom is 0.243 e. The molecule has 0 aromatic heterocycles. The fraction of sp³-hybridized carbons (Fsp3) is 0.294. The number of halogens is 2. The standard InChI is InChI=1S/C34H34Cl2N2O2/c35-30-19-17-25(21-31(30)36)23-38(33(39)20-18-27-13-8-12-26-11-4-7-16-29(26)27)32(22-24-9-2-1-3-10-24)34(40)37-28-14-5-6-15-28/h1-4,7-13,16-17,19,21,28,32H,5-6,14-15,18,20,22-23H2,(H,37,40)/t32-/m0/s1. The molecule has 0 bridgehead atoms. The van der Waals surface area contributed by atoms with E-state index in [1.807, 2.05) is 54.6 Å². The van der Waals surface area contributed by atoms with Gasteiger partial charge in [-0.15, -0.1) is 0 Å². The van der Waals surface area contributed by atoms with Crippen molar-refractivity contribution in [1.29, 1.82) is 0 Å². The van der Waals surface area contributed by atoms with Crippen LogP contribution in [-0.2, 0) is 29.0 Å². The molecule has 4 aromatic carbocycles. The van der Waals surface area contributed by atoms with Gasteiger partial charge in [0.05, 0.1) is 10.0 Å². The van der Waals surface area contributed by atoms with Crippen LogP contribution in [0.15, 0.2) is 91.0 Å². The maximum atomic E-state index is 14.1. The summed E-state index contributed by atoms with van der Waals surface area (Å²) < 4.78 is 0. The summed E-state index contributed by atoms with van der Waals surface area (Å²) in [5.41, 5.74) is 2.96. The molecule has 1 aliphatic carbocycles. The van der Waals surface area contributed by atoms with Gasteiger partial charge in [0.25, 0.3) is 0 Å². The average molecular weight is 574 g/mol. The minimum atomic E-state index is -0.655. The number of rotatable bonds is 10. The van der Waals surface area contributed by atoms with E-state index in [0.717, 1.165) is 53.1 Å². The number of carbonyl (C=O) groups excluding carboxylic acids is 2. The van der Waals surface area contributed by atoms with Gasteiger partial charge in [0.1, 0.15) is 6.04 Å². The lowest BCUT2D eigenvalue weighted by atomic mass is 9.99. The molecule has 6 heteroatoms. The van der Waals surface area contributed by atoms with Gasteiger partial charge in [-0.05, 0) is 58.9 Å².